The number of aromatic nitrogens is 3. The first-order valence-electron chi connectivity index (χ1n) is 7.89. The maximum Gasteiger partial charge on any atom is 0.193 e. The van der Waals surface area contributed by atoms with Gasteiger partial charge in [-0.2, -0.15) is 5.10 Å². The molecule has 0 fully saturated rings. The van der Waals surface area contributed by atoms with Crippen LogP contribution < -0.4 is 5.32 Å². The van der Waals surface area contributed by atoms with E-state index >= 15 is 0 Å². The van der Waals surface area contributed by atoms with Crippen LogP contribution >= 0.6 is 0 Å². The number of hydrogen-bond donors (Lipinski definition) is 1. The molecule has 0 saturated heterocycles. The van der Waals surface area contributed by atoms with Crippen LogP contribution in [0.1, 0.15) is 11.6 Å². The van der Waals surface area contributed by atoms with Gasteiger partial charge in [-0.3, -0.25) is 9.67 Å². The van der Waals surface area contributed by atoms with Gasteiger partial charge in [0, 0.05) is 39.5 Å². The number of nitrogens with one attached hydrogen (secondary N) is 1. The summed E-state index contributed by atoms with van der Waals surface area (Å²) in [5, 5.41) is 8.57. The Bertz CT molecular complexity index is 801. The average molecular weight is 326 g/mol. The number of aryl methyl sites for hydroxylation is 1. The van der Waals surface area contributed by atoms with Crippen LogP contribution in [0.4, 0.5) is 0 Å². The highest BCUT2D eigenvalue weighted by atomic mass is 16.3. The van der Waals surface area contributed by atoms with E-state index in [1.54, 1.807) is 18.1 Å². The second-order valence-corrected chi connectivity index (χ2v) is 5.63. The number of para-hydroxylation sites is 1. The normalized spacial score (nSPS) is 11.9. The number of guanidine groups is 1. The van der Waals surface area contributed by atoms with Crippen LogP contribution in [0.15, 0.2) is 46.1 Å². The van der Waals surface area contributed by atoms with E-state index < -0.39 is 0 Å². The van der Waals surface area contributed by atoms with Crippen LogP contribution in [0.25, 0.3) is 11.0 Å². The van der Waals surface area contributed by atoms with Crippen molar-refractivity contribution in [1.82, 2.24) is 25.0 Å². The standard InChI is InChI=1S/C17H22N6O/c1-18-17(22(2)11-16-20-12-21-23(16)3)19-9-8-14-10-13-6-4-5-7-15(13)24-14/h4-7,10,12H,8-9,11H2,1-3H3,(H,18,19). The molecule has 1 N–H and O–H groups in total. The SMILES string of the molecule is CN=C(NCCc1cc2ccccc2o1)N(C)Cc1ncnn1C. The van der Waals surface area contributed by atoms with Gasteiger partial charge in [0.25, 0.3) is 0 Å². The lowest BCUT2D eigenvalue weighted by Crippen LogP contribution is -2.39. The van der Waals surface area contributed by atoms with E-state index in [-0.39, 0.29) is 0 Å². The van der Waals surface area contributed by atoms with Gasteiger partial charge in [-0.15, -0.1) is 0 Å². The van der Waals surface area contributed by atoms with E-state index in [0.717, 1.165) is 41.5 Å². The first-order chi connectivity index (χ1) is 11.7. The Morgan fingerprint density at radius 3 is 2.92 bits per heavy atom. The van der Waals surface area contributed by atoms with E-state index in [2.05, 4.69) is 32.5 Å². The fraction of sp³-hybridized carbons (Fsp3) is 0.353. The highest BCUT2D eigenvalue weighted by Crippen LogP contribution is 2.18. The smallest absolute Gasteiger partial charge is 0.193 e. The Morgan fingerprint density at radius 1 is 1.38 bits per heavy atom. The lowest BCUT2D eigenvalue weighted by Gasteiger charge is -2.21. The average Bonchev–Trinajstić information content (AvgIpc) is 3.17. The van der Waals surface area contributed by atoms with Crippen molar-refractivity contribution in [3.05, 3.63) is 48.2 Å². The molecule has 0 amide bonds. The second-order valence-electron chi connectivity index (χ2n) is 5.63. The van der Waals surface area contributed by atoms with Gasteiger partial charge >= 0.3 is 0 Å². The van der Waals surface area contributed by atoms with Crippen molar-refractivity contribution in [1.29, 1.82) is 0 Å². The molecule has 3 aromatic rings. The van der Waals surface area contributed by atoms with E-state index in [1.165, 1.54) is 0 Å². The van der Waals surface area contributed by atoms with Crippen molar-refractivity contribution < 1.29 is 4.42 Å². The van der Waals surface area contributed by atoms with Gasteiger partial charge in [0.2, 0.25) is 0 Å². The second kappa shape index (κ2) is 7.16. The van der Waals surface area contributed by atoms with Crippen LogP contribution in [-0.4, -0.2) is 46.3 Å². The van der Waals surface area contributed by atoms with Crippen molar-refractivity contribution >= 4 is 16.9 Å². The number of hydrogen-bond acceptors (Lipinski definition) is 4. The maximum atomic E-state index is 5.83. The van der Waals surface area contributed by atoms with Crippen LogP contribution in [-0.2, 0) is 20.0 Å². The van der Waals surface area contributed by atoms with Crippen molar-refractivity contribution in [2.24, 2.45) is 12.0 Å². The van der Waals surface area contributed by atoms with E-state index in [0.29, 0.717) is 6.54 Å². The van der Waals surface area contributed by atoms with Crippen LogP contribution in [0, 0.1) is 0 Å². The lowest BCUT2D eigenvalue weighted by atomic mass is 10.2. The molecule has 2 heterocycles. The molecule has 0 aliphatic rings. The highest BCUT2D eigenvalue weighted by Gasteiger charge is 2.10. The van der Waals surface area contributed by atoms with Crippen molar-refractivity contribution in [3.8, 4) is 0 Å². The molecule has 7 heteroatoms. The molecule has 0 radical (unpaired) electrons. The molecule has 7 nitrogen and oxygen atoms in total. The third-order valence-corrected chi connectivity index (χ3v) is 3.89. The molecule has 0 saturated carbocycles. The number of aliphatic imine (C=N–C) groups is 1. The zero-order valence-corrected chi connectivity index (χ0v) is 14.2. The van der Waals surface area contributed by atoms with Crippen molar-refractivity contribution in [3.63, 3.8) is 0 Å². The minimum atomic E-state index is 0.640. The minimum Gasteiger partial charge on any atom is -0.461 e. The minimum absolute atomic E-state index is 0.640. The summed E-state index contributed by atoms with van der Waals surface area (Å²) in [6.07, 6.45) is 2.35. The summed E-state index contributed by atoms with van der Waals surface area (Å²) in [6, 6.07) is 10.1. The number of benzene rings is 1. The zero-order valence-electron chi connectivity index (χ0n) is 14.2. The highest BCUT2D eigenvalue weighted by molar-refractivity contribution is 5.79. The molecule has 1 aromatic carbocycles. The molecule has 0 unspecified atom stereocenters. The van der Waals surface area contributed by atoms with E-state index in [4.69, 9.17) is 4.42 Å². The van der Waals surface area contributed by atoms with Crippen molar-refractivity contribution in [2.75, 3.05) is 20.6 Å². The zero-order chi connectivity index (χ0) is 16.9. The van der Waals surface area contributed by atoms with Crippen LogP contribution in [0.3, 0.4) is 0 Å². The number of fused-ring (bicyclic) bond motifs is 1. The summed E-state index contributed by atoms with van der Waals surface area (Å²) in [4.78, 5) is 10.6. The summed E-state index contributed by atoms with van der Waals surface area (Å²) in [7, 11) is 5.63. The molecular weight excluding hydrogens is 304 g/mol. The van der Waals surface area contributed by atoms with Crippen LogP contribution in [0.5, 0.6) is 0 Å². The Hall–Kier alpha value is -2.83. The van der Waals surface area contributed by atoms with Gasteiger partial charge in [-0.05, 0) is 12.1 Å². The molecule has 0 spiro atoms. The predicted molar refractivity (Wildman–Crippen MR) is 93.7 cm³/mol. The number of rotatable bonds is 5. The van der Waals surface area contributed by atoms with Crippen molar-refractivity contribution in [2.45, 2.75) is 13.0 Å². The largest absolute Gasteiger partial charge is 0.461 e. The summed E-state index contributed by atoms with van der Waals surface area (Å²) in [6.45, 7) is 1.39. The fourth-order valence-electron chi connectivity index (χ4n) is 2.59. The van der Waals surface area contributed by atoms with Gasteiger partial charge in [0.05, 0.1) is 6.54 Å². The molecule has 2 aromatic heterocycles. The molecule has 126 valence electrons. The lowest BCUT2D eigenvalue weighted by molar-refractivity contribution is 0.447. The summed E-state index contributed by atoms with van der Waals surface area (Å²) >= 11 is 0. The Balaban J connectivity index is 1.55. The van der Waals surface area contributed by atoms with E-state index in [9.17, 15) is 0 Å². The molecule has 0 aliphatic heterocycles. The molecule has 0 atom stereocenters. The predicted octanol–water partition coefficient (Wildman–Crippen LogP) is 1.81. The Kier molecular flexibility index (Phi) is 4.79. The third kappa shape index (κ3) is 3.56. The van der Waals surface area contributed by atoms with E-state index in [1.807, 2.05) is 37.2 Å². The topological polar surface area (TPSA) is 71.5 Å². The summed E-state index contributed by atoms with van der Waals surface area (Å²) in [5.41, 5.74) is 0.927. The Morgan fingerprint density at radius 2 is 2.21 bits per heavy atom. The van der Waals surface area contributed by atoms with Gasteiger partial charge in [0.1, 0.15) is 23.5 Å². The molecule has 3 rings (SSSR count). The molecule has 0 bridgehead atoms. The quantitative estimate of drug-likeness (QED) is 0.572. The molecular formula is C17H22N6O. The third-order valence-electron chi connectivity index (χ3n) is 3.89. The first kappa shape index (κ1) is 16.0. The van der Waals surface area contributed by atoms with Gasteiger partial charge in [-0.1, -0.05) is 18.2 Å². The monoisotopic (exact) mass is 326 g/mol. The molecule has 0 aliphatic carbocycles. The maximum absolute atomic E-state index is 5.83. The fourth-order valence-corrected chi connectivity index (χ4v) is 2.59. The first-order valence-corrected chi connectivity index (χ1v) is 7.89. The summed E-state index contributed by atoms with van der Waals surface area (Å²) < 4.78 is 7.59. The van der Waals surface area contributed by atoms with Gasteiger partial charge in [0.15, 0.2) is 5.96 Å². The Labute approximate surface area is 141 Å². The number of nitrogens with zero attached hydrogens (tertiary/aromatic N) is 5. The summed E-state index contributed by atoms with van der Waals surface area (Å²) in [5.74, 6) is 2.67. The van der Waals surface area contributed by atoms with Gasteiger partial charge in [-0.25, -0.2) is 4.98 Å². The van der Waals surface area contributed by atoms with Gasteiger partial charge < -0.3 is 14.6 Å². The molecule has 24 heavy (non-hydrogen) atoms. The van der Waals surface area contributed by atoms with Crippen LogP contribution in [0.2, 0.25) is 0 Å². The number of furan rings is 1.